The number of carbonyl (C=O) groups excluding carboxylic acids is 3. The largest absolute Gasteiger partial charge is 0.462 e. The van der Waals surface area contributed by atoms with Crippen molar-refractivity contribution < 1.29 is 28.6 Å². The molecule has 1 unspecified atom stereocenters. The first-order valence-electron chi connectivity index (χ1n) is 31.3. The number of rotatable bonds is 55. The molecule has 0 aromatic carbocycles. The summed E-state index contributed by atoms with van der Waals surface area (Å²) in [4.78, 5) is 38.3. The van der Waals surface area contributed by atoms with Gasteiger partial charge in [0.1, 0.15) is 13.2 Å². The van der Waals surface area contributed by atoms with E-state index >= 15 is 0 Å². The zero-order valence-corrected chi connectivity index (χ0v) is 49.7. The van der Waals surface area contributed by atoms with Crippen LogP contribution in [0.2, 0.25) is 0 Å². The van der Waals surface area contributed by atoms with Gasteiger partial charge in [0.15, 0.2) is 6.10 Å². The van der Waals surface area contributed by atoms with E-state index in [-0.39, 0.29) is 37.5 Å². The maximum atomic E-state index is 12.9. The highest BCUT2D eigenvalue weighted by Crippen LogP contribution is 2.15. The normalized spacial score (nSPS) is 13.1. The highest BCUT2D eigenvalue weighted by molar-refractivity contribution is 5.71. The lowest BCUT2D eigenvalue weighted by Crippen LogP contribution is -2.30. The van der Waals surface area contributed by atoms with Crippen molar-refractivity contribution in [2.45, 2.75) is 271 Å². The van der Waals surface area contributed by atoms with Crippen LogP contribution in [0.4, 0.5) is 0 Å². The standard InChI is InChI=1S/C71H114O6/c1-4-7-10-13-16-19-22-25-28-30-31-32-33-34-35-36-37-38-39-41-43-46-49-52-55-58-61-64-70(73)76-67-68(66-75-69(72)63-60-57-54-51-48-45-42-27-24-21-18-15-12-9-6-3)77-71(74)65-62-59-56-53-50-47-44-40-29-26-23-20-17-14-11-8-5-2/h7-8,10-11,16-21,25-29,31-32,34-35,42,44,47,53,56,68H,4-6,9,12-15,22-24,30,33,36-41,43,45-46,48-52,54-55,57-67H2,1-3H3/b10-7-,11-8-,19-16-,20-17-,21-18-,28-25-,29-26-,32-31-,35-34-,42-27-,47-44-,56-53-. The van der Waals surface area contributed by atoms with Crippen molar-refractivity contribution in [3.05, 3.63) is 146 Å². The summed E-state index contributed by atoms with van der Waals surface area (Å²) in [6, 6.07) is 0. The van der Waals surface area contributed by atoms with E-state index in [9.17, 15) is 14.4 Å². The molecule has 0 saturated heterocycles. The van der Waals surface area contributed by atoms with E-state index in [0.29, 0.717) is 19.3 Å². The van der Waals surface area contributed by atoms with Crippen molar-refractivity contribution in [3.8, 4) is 0 Å². The van der Waals surface area contributed by atoms with E-state index in [0.717, 1.165) is 135 Å². The van der Waals surface area contributed by atoms with E-state index in [1.807, 2.05) is 0 Å². The number of allylic oxidation sites excluding steroid dienone is 24. The molecular weight excluding hydrogens is 949 g/mol. The van der Waals surface area contributed by atoms with E-state index in [1.54, 1.807) is 0 Å². The summed E-state index contributed by atoms with van der Waals surface area (Å²) in [5.74, 6) is -0.989. The fourth-order valence-corrected chi connectivity index (χ4v) is 8.18. The minimum absolute atomic E-state index is 0.111. The van der Waals surface area contributed by atoms with Crippen LogP contribution in [0.25, 0.3) is 0 Å². The lowest BCUT2D eigenvalue weighted by molar-refractivity contribution is -0.167. The summed E-state index contributed by atoms with van der Waals surface area (Å²) in [5.41, 5.74) is 0. The summed E-state index contributed by atoms with van der Waals surface area (Å²) in [6.07, 6.45) is 91.4. The van der Waals surface area contributed by atoms with Gasteiger partial charge in [0.05, 0.1) is 0 Å². The van der Waals surface area contributed by atoms with E-state index in [4.69, 9.17) is 14.2 Å². The zero-order valence-electron chi connectivity index (χ0n) is 49.7. The van der Waals surface area contributed by atoms with E-state index in [1.165, 1.54) is 83.5 Å². The van der Waals surface area contributed by atoms with Crippen LogP contribution in [0, 0.1) is 0 Å². The molecule has 0 saturated carbocycles. The van der Waals surface area contributed by atoms with Crippen molar-refractivity contribution >= 4 is 17.9 Å². The maximum Gasteiger partial charge on any atom is 0.306 e. The van der Waals surface area contributed by atoms with Crippen LogP contribution in [0.3, 0.4) is 0 Å². The predicted octanol–water partition coefficient (Wildman–Crippen LogP) is 21.5. The molecule has 6 nitrogen and oxygen atoms in total. The highest BCUT2D eigenvalue weighted by Gasteiger charge is 2.19. The lowest BCUT2D eigenvalue weighted by atomic mass is 10.0. The average Bonchev–Trinajstić information content (AvgIpc) is 3.43. The lowest BCUT2D eigenvalue weighted by Gasteiger charge is -2.18. The van der Waals surface area contributed by atoms with Gasteiger partial charge in [-0.2, -0.15) is 0 Å². The molecule has 77 heavy (non-hydrogen) atoms. The van der Waals surface area contributed by atoms with Crippen molar-refractivity contribution in [3.63, 3.8) is 0 Å². The number of ether oxygens (including phenoxy) is 3. The molecule has 0 rings (SSSR count). The van der Waals surface area contributed by atoms with Gasteiger partial charge in [-0.05, 0) is 135 Å². The molecular formula is C71H114O6. The summed E-state index contributed by atoms with van der Waals surface area (Å²) in [6.45, 7) is 6.32. The average molecular weight is 1060 g/mol. The zero-order chi connectivity index (χ0) is 55.7. The Kier molecular flexibility index (Phi) is 59.9. The number of esters is 3. The minimum Gasteiger partial charge on any atom is -0.462 e. The molecule has 0 aliphatic heterocycles. The topological polar surface area (TPSA) is 78.9 Å². The van der Waals surface area contributed by atoms with Crippen LogP contribution < -0.4 is 0 Å². The summed E-state index contributed by atoms with van der Waals surface area (Å²) >= 11 is 0. The molecule has 0 fully saturated rings. The van der Waals surface area contributed by atoms with E-state index < -0.39 is 6.10 Å². The Morgan fingerprint density at radius 2 is 0.519 bits per heavy atom. The van der Waals surface area contributed by atoms with Crippen molar-refractivity contribution in [2.24, 2.45) is 0 Å². The highest BCUT2D eigenvalue weighted by atomic mass is 16.6. The Balaban J connectivity index is 4.42. The van der Waals surface area contributed by atoms with Crippen LogP contribution >= 0.6 is 0 Å². The molecule has 6 heteroatoms. The molecule has 0 bridgehead atoms. The maximum absolute atomic E-state index is 12.9. The van der Waals surface area contributed by atoms with Gasteiger partial charge >= 0.3 is 17.9 Å². The third-order valence-corrected chi connectivity index (χ3v) is 12.8. The molecule has 434 valence electrons. The predicted molar refractivity (Wildman–Crippen MR) is 334 cm³/mol. The van der Waals surface area contributed by atoms with Crippen LogP contribution in [-0.4, -0.2) is 37.2 Å². The van der Waals surface area contributed by atoms with Gasteiger partial charge in [-0.25, -0.2) is 0 Å². The number of hydrogen-bond acceptors (Lipinski definition) is 6. The molecule has 0 radical (unpaired) electrons. The monoisotopic (exact) mass is 1060 g/mol. The van der Waals surface area contributed by atoms with Crippen LogP contribution in [0.1, 0.15) is 265 Å². The quantitative estimate of drug-likeness (QED) is 0.0261. The summed E-state index contributed by atoms with van der Waals surface area (Å²) < 4.78 is 16.8. The minimum atomic E-state index is -0.822. The second-order valence-electron chi connectivity index (χ2n) is 20.2. The molecule has 0 aromatic heterocycles. The third kappa shape index (κ3) is 62.0. The van der Waals surface area contributed by atoms with Crippen LogP contribution in [0.15, 0.2) is 146 Å². The van der Waals surface area contributed by atoms with E-state index in [2.05, 4.69) is 167 Å². The fourth-order valence-electron chi connectivity index (χ4n) is 8.18. The van der Waals surface area contributed by atoms with Gasteiger partial charge in [0.25, 0.3) is 0 Å². The van der Waals surface area contributed by atoms with Gasteiger partial charge in [0.2, 0.25) is 0 Å². The number of hydrogen-bond donors (Lipinski definition) is 0. The first-order valence-corrected chi connectivity index (χ1v) is 31.3. The van der Waals surface area contributed by atoms with Gasteiger partial charge in [0, 0.05) is 19.3 Å². The Hall–Kier alpha value is -4.71. The Labute approximate surface area is 474 Å². The van der Waals surface area contributed by atoms with Crippen LogP contribution in [-0.2, 0) is 28.6 Å². The van der Waals surface area contributed by atoms with Crippen molar-refractivity contribution in [1.82, 2.24) is 0 Å². The molecule has 1 atom stereocenters. The summed E-state index contributed by atoms with van der Waals surface area (Å²) in [5, 5.41) is 0. The van der Waals surface area contributed by atoms with Crippen molar-refractivity contribution in [1.29, 1.82) is 0 Å². The Morgan fingerprint density at radius 3 is 0.831 bits per heavy atom. The van der Waals surface area contributed by atoms with Gasteiger partial charge < -0.3 is 14.2 Å². The smallest absolute Gasteiger partial charge is 0.306 e. The second-order valence-corrected chi connectivity index (χ2v) is 20.2. The van der Waals surface area contributed by atoms with Crippen LogP contribution in [0.5, 0.6) is 0 Å². The SMILES string of the molecule is CC/C=C\C/C=C\C/C=C\C/C=C\C/C=C\CCCCCCCCCCCCCC(=O)OCC(COC(=O)CCCCCCC/C=C\C/C=C\CCCCC)OC(=O)CCC/C=C\C/C=C\C/C=C\C/C=C\C/C=C\CC. The number of unbranched alkanes of at least 4 members (excludes halogenated alkanes) is 20. The van der Waals surface area contributed by atoms with Gasteiger partial charge in [-0.3, -0.25) is 14.4 Å². The molecule has 0 N–H and O–H groups in total. The number of carbonyl (C=O) groups is 3. The molecule has 0 spiro atoms. The van der Waals surface area contributed by atoms with Gasteiger partial charge in [-0.15, -0.1) is 0 Å². The fraction of sp³-hybridized carbons (Fsp3) is 0.620. The molecule has 0 amide bonds. The third-order valence-electron chi connectivity index (χ3n) is 12.8. The van der Waals surface area contributed by atoms with Crippen molar-refractivity contribution in [2.75, 3.05) is 13.2 Å². The molecule has 0 aliphatic carbocycles. The summed E-state index contributed by atoms with van der Waals surface area (Å²) in [7, 11) is 0. The Morgan fingerprint density at radius 1 is 0.273 bits per heavy atom. The second kappa shape index (κ2) is 63.8. The first-order chi connectivity index (χ1) is 38.0. The molecule has 0 aliphatic rings. The first kappa shape index (κ1) is 72.3. The molecule has 0 heterocycles. The van der Waals surface area contributed by atoms with Gasteiger partial charge in [-0.1, -0.05) is 256 Å². The molecule has 0 aromatic rings. The Bertz CT molecular complexity index is 1700.